The van der Waals surface area contributed by atoms with E-state index in [1.807, 2.05) is 50.2 Å². The Morgan fingerprint density at radius 1 is 1.47 bits per heavy atom. The SMILES string of the molecule is CCC(C(=O)O)c1cccc(N(C)C)c1. The van der Waals surface area contributed by atoms with E-state index >= 15 is 0 Å². The summed E-state index contributed by atoms with van der Waals surface area (Å²) in [5.74, 6) is -1.15. The Labute approximate surface area is 90.3 Å². The molecule has 0 aliphatic carbocycles. The van der Waals surface area contributed by atoms with Crippen molar-refractivity contribution in [3.8, 4) is 0 Å². The molecule has 0 fully saturated rings. The molecule has 0 saturated heterocycles. The van der Waals surface area contributed by atoms with Crippen LogP contribution < -0.4 is 4.90 Å². The Kier molecular flexibility index (Phi) is 3.72. The Balaban J connectivity index is 3.03. The molecule has 0 heterocycles. The van der Waals surface area contributed by atoms with Crippen LogP contribution in [-0.2, 0) is 4.79 Å². The molecule has 82 valence electrons. The van der Waals surface area contributed by atoms with Crippen molar-refractivity contribution in [3.05, 3.63) is 29.8 Å². The summed E-state index contributed by atoms with van der Waals surface area (Å²) in [6.45, 7) is 1.89. The Bertz CT molecular complexity index is 347. The third-order valence-electron chi connectivity index (χ3n) is 2.50. The first-order valence-electron chi connectivity index (χ1n) is 5.06. The number of rotatable bonds is 4. The third-order valence-corrected chi connectivity index (χ3v) is 2.50. The summed E-state index contributed by atoms with van der Waals surface area (Å²) in [5, 5.41) is 9.04. The van der Waals surface area contributed by atoms with E-state index in [4.69, 9.17) is 5.11 Å². The number of carbonyl (C=O) groups is 1. The second-order valence-corrected chi connectivity index (χ2v) is 3.79. The largest absolute Gasteiger partial charge is 0.481 e. The molecule has 0 amide bonds. The van der Waals surface area contributed by atoms with E-state index < -0.39 is 11.9 Å². The van der Waals surface area contributed by atoms with Gasteiger partial charge in [0.15, 0.2) is 0 Å². The van der Waals surface area contributed by atoms with Gasteiger partial charge in [0.2, 0.25) is 0 Å². The number of carboxylic acid groups (broad SMARTS) is 1. The molecule has 0 aliphatic rings. The van der Waals surface area contributed by atoms with Gasteiger partial charge in [-0.05, 0) is 24.1 Å². The molecule has 0 saturated carbocycles. The summed E-state index contributed by atoms with van der Waals surface area (Å²) in [5.41, 5.74) is 1.91. The number of nitrogens with zero attached hydrogens (tertiary/aromatic N) is 1. The third kappa shape index (κ3) is 2.72. The lowest BCUT2D eigenvalue weighted by Gasteiger charge is -2.16. The number of anilines is 1. The standard InChI is InChI=1S/C12H17NO2/c1-4-11(12(14)15)9-6-5-7-10(8-9)13(2)3/h5-8,11H,4H2,1-3H3,(H,14,15). The fraction of sp³-hybridized carbons (Fsp3) is 0.417. The molecule has 15 heavy (non-hydrogen) atoms. The van der Waals surface area contributed by atoms with E-state index in [1.54, 1.807) is 0 Å². The minimum Gasteiger partial charge on any atom is -0.481 e. The first kappa shape index (κ1) is 11.6. The van der Waals surface area contributed by atoms with Crippen LogP contribution in [0.1, 0.15) is 24.8 Å². The molecule has 1 atom stereocenters. The predicted molar refractivity (Wildman–Crippen MR) is 61.4 cm³/mol. The second-order valence-electron chi connectivity index (χ2n) is 3.79. The topological polar surface area (TPSA) is 40.5 Å². The summed E-state index contributed by atoms with van der Waals surface area (Å²) in [7, 11) is 3.89. The lowest BCUT2D eigenvalue weighted by atomic mass is 9.96. The number of aliphatic carboxylic acids is 1. The van der Waals surface area contributed by atoms with E-state index in [-0.39, 0.29) is 0 Å². The molecule has 1 rings (SSSR count). The smallest absolute Gasteiger partial charge is 0.310 e. The van der Waals surface area contributed by atoms with Crippen LogP contribution in [0.3, 0.4) is 0 Å². The van der Waals surface area contributed by atoms with E-state index in [1.165, 1.54) is 0 Å². The number of benzene rings is 1. The fourth-order valence-electron chi connectivity index (χ4n) is 1.57. The summed E-state index contributed by atoms with van der Waals surface area (Å²) in [6.07, 6.45) is 0.617. The molecule has 3 nitrogen and oxygen atoms in total. The predicted octanol–water partition coefficient (Wildman–Crippen LogP) is 2.33. The lowest BCUT2D eigenvalue weighted by Crippen LogP contribution is -2.13. The maximum absolute atomic E-state index is 11.0. The van der Waals surface area contributed by atoms with Crippen LogP contribution in [-0.4, -0.2) is 25.2 Å². The highest BCUT2D eigenvalue weighted by molar-refractivity contribution is 5.76. The minimum atomic E-state index is -0.756. The Morgan fingerprint density at radius 3 is 2.60 bits per heavy atom. The van der Waals surface area contributed by atoms with Crippen LogP contribution in [0.25, 0.3) is 0 Å². The van der Waals surface area contributed by atoms with Crippen molar-refractivity contribution in [1.82, 2.24) is 0 Å². The Morgan fingerprint density at radius 2 is 2.13 bits per heavy atom. The van der Waals surface area contributed by atoms with Gasteiger partial charge < -0.3 is 10.0 Å². The first-order valence-corrected chi connectivity index (χ1v) is 5.06. The van der Waals surface area contributed by atoms with Gasteiger partial charge in [0.25, 0.3) is 0 Å². The number of hydrogen-bond acceptors (Lipinski definition) is 2. The zero-order valence-electron chi connectivity index (χ0n) is 9.40. The maximum atomic E-state index is 11.0. The van der Waals surface area contributed by atoms with Gasteiger partial charge in [-0.15, -0.1) is 0 Å². The molecule has 1 N–H and O–H groups in total. The van der Waals surface area contributed by atoms with Crippen molar-refractivity contribution in [1.29, 1.82) is 0 Å². The molecule has 3 heteroatoms. The molecular weight excluding hydrogens is 190 g/mol. The molecule has 0 spiro atoms. The molecular formula is C12H17NO2. The van der Waals surface area contributed by atoms with E-state index in [2.05, 4.69) is 0 Å². The van der Waals surface area contributed by atoms with E-state index in [0.717, 1.165) is 11.3 Å². The van der Waals surface area contributed by atoms with Crippen molar-refractivity contribution in [2.75, 3.05) is 19.0 Å². The van der Waals surface area contributed by atoms with Crippen LogP contribution in [0.4, 0.5) is 5.69 Å². The van der Waals surface area contributed by atoms with Gasteiger partial charge in [0, 0.05) is 19.8 Å². The normalized spacial score (nSPS) is 12.2. The van der Waals surface area contributed by atoms with Gasteiger partial charge in [-0.2, -0.15) is 0 Å². The van der Waals surface area contributed by atoms with E-state index in [9.17, 15) is 4.79 Å². The summed E-state index contributed by atoms with van der Waals surface area (Å²) in [6, 6.07) is 7.67. The first-order chi connectivity index (χ1) is 7.06. The highest BCUT2D eigenvalue weighted by Gasteiger charge is 2.17. The average molecular weight is 207 g/mol. The zero-order chi connectivity index (χ0) is 11.4. The molecule has 1 unspecified atom stereocenters. The molecule has 0 bridgehead atoms. The maximum Gasteiger partial charge on any atom is 0.310 e. The lowest BCUT2D eigenvalue weighted by molar-refractivity contribution is -0.138. The van der Waals surface area contributed by atoms with E-state index in [0.29, 0.717) is 6.42 Å². The van der Waals surface area contributed by atoms with Crippen LogP contribution in [0.15, 0.2) is 24.3 Å². The van der Waals surface area contributed by atoms with Crippen molar-refractivity contribution in [2.45, 2.75) is 19.3 Å². The van der Waals surface area contributed by atoms with Crippen molar-refractivity contribution >= 4 is 11.7 Å². The fourth-order valence-corrected chi connectivity index (χ4v) is 1.57. The number of hydrogen-bond donors (Lipinski definition) is 1. The monoisotopic (exact) mass is 207 g/mol. The second kappa shape index (κ2) is 4.82. The molecule has 0 radical (unpaired) electrons. The van der Waals surface area contributed by atoms with Crippen molar-refractivity contribution in [2.24, 2.45) is 0 Å². The van der Waals surface area contributed by atoms with Gasteiger partial charge in [0.1, 0.15) is 0 Å². The minimum absolute atomic E-state index is 0.398. The van der Waals surface area contributed by atoms with Gasteiger partial charge in [-0.3, -0.25) is 4.79 Å². The van der Waals surface area contributed by atoms with Gasteiger partial charge in [-0.1, -0.05) is 19.1 Å². The highest BCUT2D eigenvalue weighted by Crippen LogP contribution is 2.23. The van der Waals surface area contributed by atoms with Crippen LogP contribution >= 0.6 is 0 Å². The van der Waals surface area contributed by atoms with Gasteiger partial charge in [0.05, 0.1) is 5.92 Å². The summed E-state index contributed by atoms with van der Waals surface area (Å²) in [4.78, 5) is 13.0. The van der Waals surface area contributed by atoms with Crippen LogP contribution in [0.5, 0.6) is 0 Å². The molecule has 1 aromatic rings. The van der Waals surface area contributed by atoms with Gasteiger partial charge in [-0.25, -0.2) is 0 Å². The Hall–Kier alpha value is -1.51. The van der Waals surface area contributed by atoms with Crippen LogP contribution in [0, 0.1) is 0 Å². The van der Waals surface area contributed by atoms with Crippen LogP contribution in [0.2, 0.25) is 0 Å². The van der Waals surface area contributed by atoms with Crippen molar-refractivity contribution in [3.63, 3.8) is 0 Å². The van der Waals surface area contributed by atoms with Gasteiger partial charge >= 0.3 is 5.97 Å². The zero-order valence-corrected chi connectivity index (χ0v) is 9.40. The summed E-state index contributed by atoms with van der Waals surface area (Å²) >= 11 is 0. The van der Waals surface area contributed by atoms with Crippen molar-refractivity contribution < 1.29 is 9.90 Å². The molecule has 0 aromatic heterocycles. The molecule has 1 aromatic carbocycles. The summed E-state index contributed by atoms with van der Waals surface area (Å²) < 4.78 is 0. The molecule has 0 aliphatic heterocycles. The quantitative estimate of drug-likeness (QED) is 0.823. The highest BCUT2D eigenvalue weighted by atomic mass is 16.4. The average Bonchev–Trinajstić information content (AvgIpc) is 2.18. The number of carboxylic acids is 1.